The lowest BCUT2D eigenvalue weighted by molar-refractivity contribution is -0.123. The third kappa shape index (κ3) is 6.02. The van der Waals surface area contributed by atoms with E-state index in [9.17, 15) is 4.79 Å². The van der Waals surface area contributed by atoms with Crippen molar-refractivity contribution in [3.8, 4) is 17.2 Å². The van der Waals surface area contributed by atoms with Gasteiger partial charge in [-0.3, -0.25) is 4.79 Å². The van der Waals surface area contributed by atoms with E-state index in [1.807, 2.05) is 51.1 Å². The lowest BCUT2D eigenvalue weighted by Crippen LogP contribution is -2.24. The number of carbonyl (C=O) groups excluding carboxylic acids is 1. The molecule has 27 heavy (non-hydrogen) atoms. The summed E-state index contributed by atoms with van der Waals surface area (Å²) < 4.78 is 16.5. The quantitative estimate of drug-likeness (QED) is 0.541. The fourth-order valence-electron chi connectivity index (χ4n) is 2.33. The first-order valence-electron chi connectivity index (χ1n) is 8.87. The zero-order chi connectivity index (χ0) is 19.6. The Labute approximate surface area is 160 Å². The molecule has 0 unspecified atom stereocenters. The van der Waals surface area contributed by atoms with Crippen LogP contribution in [0.15, 0.2) is 41.5 Å². The van der Waals surface area contributed by atoms with Crippen LogP contribution >= 0.6 is 0 Å². The number of methoxy groups -OCH3 is 1. The van der Waals surface area contributed by atoms with Crippen LogP contribution in [0.5, 0.6) is 17.2 Å². The Kier molecular flexibility index (Phi) is 7.67. The van der Waals surface area contributed by atoms with Crippen molar-refractivity contribution in [2.24, 2.45) is 5.10 Å². The third-order valence-corrected chi connectivity index (χ3v) is 3.97. The zero-order valence-electron chi connectivity index (χ0n) is 16.2. The summed E-state index contributed by atoms with van der Waals surface area (Å²) in [4.78, 5) is 11.9. The van der Waals surface area contributed by atoms with Gasteiger partial charge in [0.05, 0.1) is 19.9 Å². The summed E-state index contributed by atoms with van der Waals surface area (Å²) in [6.45, 7) is 6.52. The minimum atomic E-state index is -0.331. The molecule has 0 bridgehead atoms. The Morgan fingerprint density at radius 1 is 1.11 bits per heavy atom. The molecule has 0 radical (unpaired) electrons. The number of hydrogen-bond donors (Lipinski definition) is 1. The van der Waals surface area contributed by atoms with E-state index < -0.39 is 0 Å². The molecule has 0 heterocycles. The first-order chi connectivity index (χ1) is 13.0. The predicted molar refractivity (Wildman–Crippen MR) is 106 cm³/mol. The van der Waals surface area contributed by atoms with E-state index in [0.29, 0.717) is 23.9 Å². The number of rotatable bonds is 9. The third-order valence-electron chi connectivity index (χ3n) is 3.97. The lowest BCUT2D eigenvalue weighted by Gasteiger charge is -2.10. The Hall–Kier alpha value is -3.02. The maximum atomic E-state index is 11.9. The molecule has 0 fully saturated rings. The Morgan fingerprint density at radius 3 is 2.67 bits per heavy atom. The fraction of sp³-hybridized carbons (Fsp3) is 0.333. The van der Waals surface area contributed by atoms with Crippen LogP contribution in [0.2, 0.25) is 0 Å². The number of hydrazone groups is 1. The van der Waals surface area contributed by atoms with Crippen LogP contribution in [0.1, 0.15) is 30.0 Å². The highest BCUT2D eigenvalue weighted by atomic mass is 16.5. The largest absolute Gasteiger partial charge is 0.493 e. The molecular weight excluding hydrogens is 344 g/mol. The van der Waals surface area contributed by atoms with Gasteiger partial charge in [0.2, 0.25) is 0 Å². The number of nitrogens with zero attached hydrogens (tertiary/aromatic N) is 1. The molecule has 2 aromatic carbocycles. The van der Waals surface area contributed by atoms with Crippen molar-refractivity contribution in [1.82, 2.24) is 5.43 Å². The first kappa shape index (κ1) is 20.3. The van der Waals surface area contributed by atoms with Crippen molar-refractivity contribution in [1.29, 1.82) is 0 Å². The highest BCUT2D eigenvalue weighted by Gasteiger charge is 2.06. The van der Waals surface area contributed by atoms with Crippen LogP contribution in [-0.4, -0.2) is 32.4 Å². The van der Waals surface area contributed by atoms with Gasteiger partial charge >= 0.3 is 0 Å². The molecule has 0 atom stereocenters. The van der Waals surface area contributed by atoms with Gasteiger partial charge in [-0.15, -0.1) is 0 Å². The fourth-order valence-corrected chi connectivity index (χ4v) is 2.33. The zero-order valence-corrected chi connectivity index (χ0v) is 16.2. The average Bonchev–Trinajstić information content (AvgIpc) is 2.68. The molecule has 0 aliphatic rings. The number of aryl methyl sites for hydroxylation is 1. The second-order valence-electron chi connectivity index (χ2n) is 6.04. The summed E-state index contributed by atoms with van der Waals surface area (Å²) in [5, 5.41) is 3.96. The molecule has 6 nitrogen and oxygen atoms in total. The Morgan fingerprint density at radius 2 is 1.93 bits per heavy atom. The van der Waals surface area contributed by atoms with Crippen LogP contribution in [-0.2, 0) is 4.79 Å². The standard InChI is InChI=1S/C21H26N2O4/c1-5-11-26-19-10-9-17(12-20(19)25-4)13-22-23-21(24)14-27-18-8-6-7-15(2)16(18)3/h6-10,12-13H,5,11,14H2,1-4H3,(H,23,24)/b22-13+. The number of benzene rings is 2. The minimum Gasteiger partial charge on any atom is -0.493 e. The monoisotopic (exact) mass is 370 g/mol. The van der Waals surface area contributed by atoms with Gasteiger partial charge in [0.1, 0.15) is 5.75 Å². The van der Waals surface area contributed by atoms with Crippen LogP contribution in [0.4, 0.5) is 0 Å². The van der Waals surface area contributed by atoms with Crippen LogP contribution in [0.25, 0.3) is 0 Å². The van der Waals surface area contributed by atoms with E-state index in [0.717, 1.165) is 23.1 Å². The van der Waals surface area contributed by atoms with Gasteiger partial charge in [-0.1, -0.05) is 19.1 Å². The molecule has 1 amide bonds. The molecular formula is C21H26N2O4. The topological polar surface area (TPSA) is 69.2 Å². The summed E-state index contributed by atoms with van der Waals surface area (Å²) in [6, 6.07) is 11.2. The second kappa shape index (κ2) is 10.2. The molecule has 0 aromatic heterocycles. The predicted octanol–water partition coefficient (Wildman–Crippen LogP) is 3.63. The summed E-state index contributed by atoms with van der Waals surface area (Å²) in [6.07, 6.45) is 2.46. The molecule has 0 saturated heterocycles. The molecule has 0 aliphatic heterocycles. The van der Waals surface area contributed by atoms with Gasteiger partial charge in [0.15, 0.2) is 18.1 Å². The second-order valence-corrected chi connectivity index (χ2v) is 6.04. The van der Waals surface area contributed by atoms with Gasteiger partial charge < -0.3 is 14.2 Å². The number of ether oxygens (including phenoxy) is 3. The van der Waals surface area contributed by atoms with Crippen LogP contribution < -0.4 is 19.6 Å². The van der Waals surface area contributed by atoms with Crippen molar-refractivity contribution in [3.63, 3.8) is 0 Å². The van der Waals surface area contributed by atoms with Crippen molar-refractivity contribution in [3.05, 3.63) is 53.1 Å². The van der Waals surface area contributed by atoms with Crippen molar-refractivity contribution < 1.29 is 19.0 Å². The number of nitrogens with one attached hydrogen (secondary N) is 1. The Bertz CT molecular complexity index is 803. The van der Waals surface area contributed by atoms with Crippen molar-refractivity contribution >= 4 is 12.1 Å². The summed E-state index contributed by atoms with van der Waals surface area (Å²) in [5.41, 5.74) is 5.38. The first-order valence-corrected chi connectivity index (χ1v) is 8.87. The van der Waals surface area contributed by atoms with E-state index in [4.69, 9.17) is 14.2 Å². The van der Waals surface area contributed by atoms with E-state index >= 15 is 0 Å². The Balaban J connectivity index is 1.88. The van der Waals surface area contributed by atoms with E-state index in [1.54, 1.807) is 19.4 Å². The minimum absolute atomic E-state index is 0.102. The van der Waals surface area contributed by atoms with Gasteiger partial charge in [-0.2, -0.15) is 5.10 Å². The van der Waals surface area contributed by atoms with Crippen molar-refractivity contribution in [2.75, 3.05) is 20.3 Å². The molecule has 2 rings (SSSR count). The summed E-state index contributed by atoms with van der Waals surface area (Å²) in [7, 11) is 1.58. The van der Waals surface area contributed by atoms with Crippen molar-refractivity contribution in [2.45, 2.75) is 27.2 Å². The van der Waals surface area contributed by atoms with Gasteiger partial charge in [0, 0.05) is 0 Å². The molecule has 1 N–H and O–H groups in total. The van der Waals surface area contributed by atoms with Crippen LogP contribution in [0.3, 0.4) is 0 Å². The van der Waals surface area contributed by atoms with E-state index in [-0.39, 0.29) is 12.5 Å². The molecule has 0 saturated carbocycles. The molecule has 0 spiro atoms. The van der Waals surface area contributed by atoms with E-state index in [1.165, 1.54) is 0 Å². The SMILES string of the molecule is CCCOc1ccc(/C=N/NC(=O)COc2cccc(C)c2C)cc1OC. The highest BCUT2D eigenvalue weighted by molar-refractivity contribution is 5.83. The maximum absolute atomic E-state index is 11.9. The number of hydrogen-bond acceptors (Lipinski definition) is 5. The van der Waals surface area contributed by atoms with E-state index in [2.05, 4.69) is 10.5 Å². The highest BCUT2D eigenvalue weighted by Crippen LogP contribution is 2.27. The lowest BCUT2D eigenvalue weighted by atomic mass is 10.1. The van der Waals surface area contributed by atoms with Crippen LogP contribution in [0, 0.1) is 13.8 Å². The summed E-state index contributed by atoms with van der Waals surface area (Å²) >= 11 is 0. The molecule has 144 valence electrons. The number of amides is 1. The normalized spacial score (nSPS) is 10.7. The maximum Gasteiger partial charge on any atom is 0.277 e. The molecule has 6 heteroatoms. The molecule has 2 aromatic rings. The van der Waals surface area contributed by atoms with Gasteiger partial charge in [0.25, 0.3) is 5.91 Å². The molecule has 0 aliphatic carbocycles. The van der Waals surface area contributed by atoms with Gasteiger partial charge in [-0.25, -0.2) is 5.43 Å². The smallest absolute Gasteiger partial charge is 0.277 e. The average molecular weight is 370 g/mol. The summed E-state index contributed by atoms with van der Waals surface area (Å²) in [5.74, 6) is 1.67. The van der Waals surface area contributed by atoms with Gasteiger partial charge in [-0.05, 0) is 61.2 Å². The number of carbonyl (C=O) groups is 1.